The zero-order valence-corrected chi connectivity index (χ0v) is 17.1. The van der Waals surface area contributed by atoms with E-state index in [9.17, 15) is 8.78 Å². The van der Waals surface area contributed by atoms with Crippen molar-refractivity contribution in [3.8, 4) is 11.1 Å². The molecule has 0 atom stereocenters. The summed E-state index contributed by atoms with van der Waals surface area (Å²) < 4.78 is 29.1. The van der Waals surface area contributed by atoms with Crippen LogP contribution in [-0.2, 0) is 0 Å². The van der Waals surface area contributed by atoms with Gasteiger partial charge in [-0.25, -0.2) is 13.8 Å². The van der Waals surface area contributed by atoms with Crippen LogP contribution in [0.2, 0.25) is 0 Å². The maximum atomic E-state index is 13.5. The van der Waals surface area contributed by atoms with Crippen molar-refractivity contribution in [2.24, 2.45) is 0 Å². The highest BCUT2D eigenvalue weighted by Crippen LogP contribution is 2.33. The van der Waals surface area contributed by atoms with Crippen LogP contribution in [-0.4, -0.2) is 38.6 Å². The predicted octanol–water partition coefficient (Wildman–Crippen LogP) is 5.47. The van der Waals surface area contributed by atoms with Gasteiger partial charge in [0.2, 0.25) is 0 Å². The second-order valence-corrected chi connectivity index (χ2v) is 8.17. The zero-order valence-electron chi connectivity index (χ0n) is 17.1. The molecule has 2 aromatic carbocycles. The van der Waals surface area contributed by atoms with E-state index in [-0.39, 0.29) is 13.0 Å². The van der Waals surface area contributed by atoms with Crippen molar-refractivity contribution in [2.45, 2.75) is 12.3 Å². The second kappa shape index (κ2) is 7.05. The van der Waals surface area contributed by atoms with Crippen LogP contribution in [0.15, 0.2) is 73.3 Å². The summed E-state index contributed by atoms with van der Waals surface area (Å²) in [6.45, 7) is 0.147. The van der Waals surface area contributed by atoms with Gasteiger partial charge in [-0.2, -0.15) is 5.10 Å². The van der Waals surface area contributed by atoms with Crippen molar-refractivity contribution in [2.75, 3.05) is 23.3 Å². The molecule has 0 amide bonds. The first-order valence-electron chi connectivity index (χ1n) is 10.4. The summed E-state index contributed by atoms with van der Waals surface area (Å²) in [6, 6.07) is 15.8. The third-order valence-electron chi connectivity index (χ3n) is 5.94. The molecule has 2 N–H and O–H groups in total. The molecular weight excluding hydrogens is 410 g/mol. The first-order chi connectivity index (χ1) is 15.5. The van der Waals surface area contributed by atoms with Gasteiger partial charge in [-0.05, 0) is 42.0 Å². The lowest BCUT2D eigenvalue weighted by Gasteiger charge is -2.19. The number of anilines is 3. The molecule has 1 aliphatic rings. The van der Waals surface area contributed by atoms with Gasteiger partial charge in [0.1, 0.15) is 0 Å². The molecule has 6 nitrogen and oxygen atoms in total. The number of hydrogen-bond donors (Lipinski definition) is 2. The minimum atomic E-state index is -2.61. The number of imidazole rings is 1. The molecule has 3 aromatic heterocycles. The summed E-state index contributed by atoms with van der Waals surface area (Å²) in [5, 5.41) is 11.6. The highest BCUT2D eigenvalue weighted by Gasteiger charge is 2.38. The van der Waals surface area contributed by atoms with E-state index in [0.717, 1.165) is 44.7 Å². The predicted molar refractivity (Wildman–Crippen MR) is 122 cm³/mol. The highest BCUT2D eigenvalue weighted by atomic mass is 19.3. The van der Waals surface area contributed by atoms with Crippen LogP contribution in [0.3, 0.4) is 0 Å². The van der Waals surface area contributed by atoms with E-state index in [1.165, 1.54) is 0 Å². The Morgan fingerprint density at radius 3 is 2.72 bits per heavy atom. The van der Waals surface area contributed by atoms with Gasteiger partial charge in [0, 0.05) is 53.9 Å². The number of halogens is 2. The van der Waals surface area contributed by atoms with Crippen LogP contribution in [0.5, 0.6) is 0 Å². The number of rotatable bonds is 4. The number of aromatic nitrogens is 4. The fraction of sp³-hybridized carbons (Fsp3) is 0.167. The Morgan fingerprint density at radius 1 is 1.03 bits per heavy atom. The van der Waals surface area contributed by atoms with Crippen molar-refractivity contribution in [3.05, 3.63) is 73.3 Å². The van der Waals surface area contributed by atoms with Gasteiger partial charge >= 0.3 is 0 Å². The lowest BCUT2D eigenvalue weighted by atomic mass is 10.1. The first kappa shape index (κ1) is 18.8. The molecule has 32 heavy (non-hydrogen) atoms. The Balaban J connectivity index is 1.32. The van der Waals surface area contributed by atoms with E-state index >= 15 is 0 Å². The minimum absolute atomic E-state index is 0.0952. The Morgan fingerprint density at radius 2 is 1.91 bits per heavy atom. The number of fused-ring (bicyclic) bond motifs is 2. The number of hydrogen-bond acceptors (Lipinski definition) is 4. The molecule has 1 aliphatic heterocycles. The maximum absolute atomic E-state index is 13.5. The molecule has 0 aliphatic carbocycles. The SMILES string of the molecule is FC1(F)CCN(c2ccc(Nc3cc(-c4ccc5cn[nH]c5c4)cn4ccnc34)cc2)C1. The number of H-pyrrole nitrogens is 1. The Bertz CT molecular complexity index is 1420. The average molecular weight is 430 g/mol. The Labute approximate surface area is 182 Å². The Hall–Kier alpha value is -3.94. The van der Waals surface area contributed by atoms with Gasteiger partial charge in [-0.15, -0.1) is 0 Å². The third kappa shape index (κ3) is 3.33. The van der Waals surface area contributed by atoms with E-state index in [1.54, 1.807) is 17.3 Å². The summed E-state index contributed by atoms with van der Waals surface area (Å²) in [5.41, 5.74) is 6.41. The van der Waals surface area contributed by atoms with Crippen molar-refractivity contribution in [1.29, 1.82) is 0 Å². The van der Waals surface area contributed by atoms with Crippen LogP contribution in [0.4, 0.5) is 25.8 Å². The second-order valence-electron chi connectivity index (χ2n) is 8.17. The maximum Gasteiger partial charge on any atom is 0.266 e. The van der Waals surface area contributed by atoms with Crippen LogP contribution in [0, 0.1) is 0 Å². The molecule has 1 fully saturated rings. The van der Waals surface area contributed by atoms with Crippen LogP contribution in [0.25, 0.3) is 27.7 Å². The molecule has 0 saturated carbocycles. The van der Waals surface area contributed by atoms with Crippen molar-refractivity contribution in [1.82, 2.24) is 19.6 Å². The number of alkyl halides is 2. The monoisotopic (exact) mass is 430 g/mol. The number of pyridine rings is 1. The van der Waals surface area contributed by atoms with Gasteiger partial charge in [0.15, 0.2) is 5.65 Å². The summed E-state index contributed by atoms with van der Waals surface area (Å²) in [4.78, 5) is 6.21. The standard InChI is InChI=1S/C24H20F2N6/c25-24(26)7-9-32(15-24)20-5-3-19(4-6-20)29-22-12-18(14-31-10-8-27-23(22)31)16-1-2-17-13-28-30-21(17)11-16/h1-6,8,10-14,29H,7,9,15H2,(H,28,30). The number of nitrogens with zero attached hydrogens (tertiary/aromatic N) is 4. The normalized spacial score (nSPS) is 15.6. The molecule has 0 spiro atoms. The van der Waals surface area contributed by atoms with Gasteiger partial charge in [0.25, 0.3) is 5.92 Å². The topological polar surface area (TPSA) is 61.2 Å². The van der Waals surface area contributed by atoms with Gasteiger partial charge in [-0.1, -0.05) is 12.1 Å². The lowest BCUT2D eigenvalue weighted by Crippen LogP contribution is -2.24. The summed E-state index contributed by atoms with van der Waals surface area (Å²) in [5.74, 6) is -2.61. The highest BCUT2D eigenvalue weighted by molar-refractivity contribution is 5.86. The van der Waals surface area contributed by atoms with Gasteiger partial charge in [0.05, 0.1) is 23.9 Å². The van der Waals surface area contributed by atoms with E-state index < -0.39 is 5.92 Å². The van der Waals surface area contributed by atoms with Crippen molar-refractivity contribution >= 4 is 33.6 Å². The van der Waals surface area contributed by atoms with Crippen LogP contribution in [0.1, 0.15) is 6.42 Å². The van der Waals surface area contributed by atoms with Crippen molar-refractivity contribution < 1.29 is 8.78 Å². The fourth-order valence-corrected chi connectivity index (χ4v) is 4.27. The van der Waals surface area contributed by atoms with E-state index in [1.807, 2.05) is 47.1 Å². The number of benzene rings is 2. The molecule has 6 rings (SSSR count). The average Bonchev–Trinajstić information content (AvgIpc) is 3.52. The van der Waals surface area contributed by atoms with E-state index in [0.29, 0.717) is 6.54 Å². The molecule has 1 saturated heterocycles. The number of aromatic amines is 1. The molecule has 4 heterocycles. The largest absolute Gasteiger partial charge is 0.365 e. The summed E-state index contributed by atoms with van der Waals surface area (Å²) in [7, 11) is 0. The quantitative estimate of drug-likeness (QED) is 0.397. The van der Waals surface area contributed by atoms with Crippen molar-refractivity contribution in [3.63, 3.8) is 0 Å². The molecule has 0 radical (unpaired) electrons. The van der Waals surface area contributed by atoms with Crippen LogP contribution >= 0.6 is 0 Å². The zero-order chi connectivity index (χ0) is 21.7. The molecule has 0 bridgehead atoms. The summed E-state index contributed by atoms with van der Waals surface area (Å²) >= 11 is 0. The van der Waals surface area contributed by atoms with Crippen LogP contribution < -0.4 is 10.2 Å². The smallest absolute Gasteiger partial charge is 0.266 e. The van der Waals surface area contributed by atoms with E-state index in [4.69, 9.17) is 0 Å². The molecule has 8 heteroatoms. The third-order valence-corrected chi connectivity index (χ3v) is 5.94. The Kier molecular flexibility index (Phi) is 4.14. The van der Waals surface area contributed by atoms with E-state index in [2.05, 4.69) is 38.7 Å². The molecule has 5 aromatic rings. The first-order valence-corrected chi connectivity index (χ1v) is 10.4. The van der Waals surface area contributed by atoms with Gasteiger partial charge < -0.3 is 14.6 Å². The lowest BCUT2D eigenvalue weighted by molar-refractivity contribution is 0.0257. The molecular formula is C24H20F2N6. The number of nitrogens with one attached hydrogen (secondary N) is 2. The minimum Gasteiger partial charge on any atom is -0.365 e. The molecule has 0 unspecified atom stereocenters. The van der Waals surface area contributed by atoms with Gasteiger partial charge in [-0.3, -0.25) is 5.10 Å². The molecule has 160 valence electrons. The summed E-state index contributed by atoms with van der Waals surface area (Å²) in [6.07, 6.45) is 7.43. The fourth-order valence-electron chi connectivity index (χ4n) is 4.27.